The Labute approximate surface area is 93.1 Å². The lowest BCUT2D eigenvalue weighted by Gasteiger charge is -2.06. The molecule has 0 saturated heterocycles. The molecule has 0 aliphatic heterocycles. The summed E-state index contributed by atoms with van der Waals surface area (Å²) >= 11 is 1.45. The van der Waals surface area contributed by atoms with Crippen LogP contribution in [0, 0.1) is 12.3 Å². The minimum Gasteiger partial charge on any atom is -0.300 e. The van der Waals surface area contributed by atoms with Gasteiger partial charge in [0.15, 0.2) is 0 Å². The fraction of sp³-hybridized carbons (Fsp3) is 0.600. The van der Waals surface area contributed by atoms with E-state index in [0.717, 1.165) is 30.7 Å². The summed E-state index contributed by atoms with van der Waals surface area (Å²) in [6, 6.07) is 0. The summed E-state index contributed by atoms with van der Waals surface area (Å²) in [6.07, 6.45) is 6.08. The van der Waals surface area contributed by atoms with Crippen LogP contribution in [0.15, 0.2) is 0 Å². The van der Waals surface area contributed by atoms with Crippen LogP contribution in [-0.4, -0.2) is 16.1 Å². The molecule has 1 fully saturated rings. The summed E-state index contributed by atoms with van der Waals surface area (Å²) in [7, 11) is 0. The summed E-state index contributed by atoms with van der Waals surface area (Å²) in [5.74, 6) is 0.130. The SMILES string of the molecule is CCc1nnc(NC(=O)C2[CH]CCC2)s1. The van der Waals surface area contributed by atoms with Gasteiger partial charge in [-0.3, -0.25) is 4.79 Å². The lowest BCUT2D eigenvalue weighted by molar-refractivity contribution is -0.118. The van der Waals surface area contributed by atoms with E-state index in [9.17, 15) is 4.79 Å². The Kier molecular flexibility index (Phi) is 3.30. The van der Waals surface area contributed by atoms with Gasteiger partial charge in [-0.2, -0.15) is 0 Å². The third-order valence-electron chi connectivity index (χ3n) is 2.51. The second-order valence-electron chi connectivity index (χ2n) is 3.62. The van der Waals surface area contributed by atoms with Crippen LogP contribution in [0.3, 0.4) is 0 Å². The lowest BCUT2D eigenvalue weighted by atomic mass is 10.1. The highest BCUT2D eigenvalue weighted by molar-refractivity contribution is 7.15. The first-order valence-corrected chi connectivity index (χ1v) is 6.08. The van der Waals surface area contributed by atoms with Crippen molar-refractivity contribution in [1.82, 2.24) is 10.2 Å². The van der Waals surface area contributed by atoms with Gasteiger partial charge in [-0.05, 0) is 25.7 Å². The molecule has 0 spiro atoms. The molecule has 1 N–H and O–H groups in total. The predicted octanol–water partition coefficient (Wildman–Crippen LogP) is 2.04. The number of carbonyl (C=O) groups is 1. The molecule has 4 nitrogen and oxygen atoms in total. The normalized spacial score (nSPS) is 16.9. The summed E-state index contributed by atoms with van der Waals surface area (Å²) < 4.78 is 0. The molecule has 1 saturated carbocycles. The first kappa shape index (κ1) is 10.5. The summed E-state index contributed by atoms with van der Waals surface area (Å²) in [5.41, 5.74) is 0. The van der Waals surface area contributed by atoms with Crippen LogP contribution in [-0.2, 0) is 11.2 Å². The van der Waals surface area contributed by atoms with Crippen molar-refractivity contribution in [3.8, 4) is 0 Å². The van der Waals surface area contributed by atoms with Gasteiger partial charge in [0, 0.05) is 5.92 Å². The number of hydrogen-bond donors (Lipinski definition) is 1. The highest BCUT2D eigenvalue weighted by Gasteiger charge is 2.23. The molecule has 1 aromatic rings. The van der Waals surface area contributed by atoms with E-state index in [0.29, 0.717) is 5.13 Å². The standard InChI is InChI=1S/C10H14N3OS/c1-2-8-12-13-10(15-8)11-9(14)7-5-3-4-6-7/h5,7H,2-4,6H2,1H3,(H,11,13,14). The van der Waals surface area contributed by atoms with Crippen LogP contribution in [0.5, 0.6) is 0 Å². The molecule has 81 valence electrons. The van der Waals surface area contributed by atoms with Crippen LogP contribution < -0.4 is 5.32 Å². The van der Waals surface area contributed by atoms with Gasteiger partial charge in [0.1, 0.15) is 5.01 Å². The number of nitrogens with one attached hydrogen (secondary N) is 1. The highest BCUT2D eigenvalue weighted by atomic mass is 32.1. The van der Waals surface area contributed by atoms with Crippen molar-refractivity contribution in [2.24, 2.45) is 5.92 Å². The molecule has 2 rings (SSSR count). The van der Waals surface area contributed by atoms with E-state index in [1.807, 2.05) is 6.92 Å². The molecule has 1 atom stereocenters. The molecular formula is C10H14N3OS. The summed E-state index contributed by atoms with van der Waals surface area (Å²) in [6.45, 7) is 2.02. The number of amides is 1. The molecule has 0 aromatic carbocycles. The van der Waals surface area contributed by atoms with Crippen molar-refractivity contribution < 1.29 is 4.79 Å². The third kappa shape index (κ3) is 2.53. The number of rotatable bonds is 3. The van der Waals surface area contributed by atoms with Crippen molar-refractivity contribution in [2.75, 3.05) is 5.32 Å². The minimum atomic E-state index is 0.0614. The van der Waals surface area contributed by atoms with Gasteiger partial charge in [0.2, 0.25) is 11.0 Å². The van der Waals surface area contributed by atoms with Gasteiger partial charge < -0.3 is 5.32 Å². The highest BCUT2D eigenvalue weighted by Crippen LogP contribution is 2.25. The number of aryl methyl sites for hydroxylation is 1. The summed E-state index contributed by atoms with van der Waals surface area (Å²) in [4.78, 5) is 11.7. The van der Waals surface area contributed by atoms with E-state index in [1.54, 1.807) is 0 Å². The molecule has 1 radical (unpaired) electrons. The third-order valence-corrected chi connectivity index (χ3v) is 3.49. The molecule has 5 heteroatoms. The van der Waals surface area contributed by atoms with Crippen LogP contribution >= 0.6 is 11.3 Å². The second kappa shape index (κ2) is 4.70. The van der Waals surface area contributed by atoms with Crippen LogP contribution in [0.1, 0.15) is 31.2 Å². The quantitative estimate of drug-likeness (QED) is 0.854. The fourth-order valence-corrected chi connectivity index (χ4v) is 2.34. The Morgan fingerprint density at radius 1 is 1.67 bits per heavy atom. The van der Waals surface area contributed by atoms with Gasteiger partial charge in [0.25, 0.3) is 0 Å². The van der Waals surface area contributed by atoms with Crippen molar-refractivity contribution in [2.45, 2.75) is 32.6 Å². The molecular weight excluding hydrogens is 210 g/mol. The van der Waals surface area contributed by atoms with Gasteiger partial charge in [-0.1, -0.05) is 24.7 Å². The Bertz CT molecular complexity index is 344. The molecule has 1 aliphatic rings. The monoisotopic (exact) mass is 224 g/mol. The molecule has 1 aliphatic carbocycles. The Morgan fingerprint density at radius 2 is 2.53 bits per heavy atom. The maximum Gasteiger partial charge on any atom is 0.229 e. The molecule has 1 unspecified atom stereocenters. The zero-order valence-corrected chi connectivity index (χ0v) is 9.51. The smallest absolute Gasteiger partial charge is 0.229 e. The topological polar surface area (TPSA) is 54.9 Å². The van der Waals surface area contributed by atoms with Crippen molar-refractivity contribution in [3.63, 3.8) is 0 Å². The lowest BCUT2D eigenvalue weighted by Crippen LogP contribution is -2.20. The number of hydrogen-bond acceptors (Lipinski definition) is 4. The van der Waals surface area contributed by atoms with Gasteiger partial charge in [-0.25, -0.2) is 0 Å². The number of aromatic nitrogens is 2. The molecule has 1 heterocycles. The zero-order valence-electron chi connectivity index (χ0n) is 8.69. The van der Waals surface area contributed by atoms with Gasteiger partial charge >= 0.3 is 0 Å². The zero-order chi connectivity index (χ0) is 10.7. The average Bonchev–Trinajstić information content (AvgIpc) is 2.87. The summed E-state index contributed by atoms with van der Waals surface area (Å²) in [5, 5.41) is 12.3. The maximum absolute atomic E-state index is 11.7. The van der Waals surface area contributed by atoms with Crippen molar-refractivity contribution in [1.29, 1.82) is 0 Å². The van der Waals surface area contributed by atoms with E-state index in [1.165, 1.54) is 11.3 Å². The second-order valence-corrected chi connectivity index (χ2v) is 4.68. The van der Waals surface area contributed by atoms with E-state index >= 15 is 0 Å². The van der Waals surface area contributed by atoms with Gasteiger partial charge in [-0.15, -0.1) is 10.2 Å². The fourth-order valence-electron chi connectivity index (χ4n) is 1.66. The van der Waals surface area contributed by atoms with Crippen LogP contribution in [0.4, 0.5) is 5.13 Å². The minimum absolute atomic E-state index is 0.0614. The maximum atomic E-state index is 11.7. The van der Waals surface area contributed by atoms with E-state index in [4.69, 9.17) is 0 Å². The van der Waals surface area contributed by atoms with Crippen LogP contribution in [0.25, 0.3) is 0 Å². The number of anilines is 1. The van der Waals surface area contributed by atoms with Gasteiger partial charge in [0.05, 0.1) is 0 Å². The van der Waals surface area contributed by atoms with Crippen LogP contribution in [0.2, 0.25) is 0 Å². The van der Waals surface area contributed by atoms with Crippen molar-refractivity contribution in [3.05, 3.63) is 11.4 Å². The largest absolute Gasteiger partial charge is 0.300 e. The first-order valence-electron chi connectivity index (χ1n) is 5.26. The Balaban J connectivity index is 1.92. The van der Waals surface area contributed by atoms with Crippen molar-refractivity contribution >= 4 is 22.4 Å². The first-order chi connectivity index (χ1) is 7.29. The number of nitrogens with zero attached hydrogens (tertiary/aromatic N) is 2. The molecule has 1 aromatic heterocycles. The van der Waals surface area contributed by atoms with E-state index in [-0.39, 0.29) is 11.8 Å². The Morgan fingerprint density at radius 3 is 3.13 bits per heavy atom. The molecule has 15 heavy (non-hydrogen) atoms. The average molecular weight is 224 g/mol. The Hall–Kier alpha value is -0.970. The van der Waals surface area contributed by atoms with E-state index < -0.39 is 0 Å². The molecule has 0 bridgehead atoms. The molecule has 1 amide bonds. The predicted molar refractivity (Wildman–Crippen MR) is 59.6 cm³/mol. The van der Waals surface area contributed by atoms with E-state index in [2.05, 4.69) is 21.9 Å². The number of carbonyl (C=O) groups excluding carboxylic acids is 1.